The maximum atomic E-state index is 12.2. The second-order valence-corrected chi connectivity index (χ2v) is 5.05. The average Bonchev–Trinajstić information content (AvgIpc) is 2.70. The Morgan fingerprint density at radius 3 is 3.00 bits per heavy atom. The molecule has 2 rings (SSSR count). The predicted molar refractivity (Wildman–Crippen MR) is 75.4 cm³/mol. The summed E-state index contributed by atoms with van der Waals surface area (Å²) < 4.78 is 6.81. The fourth-order valence-electron chi connectivity index (χ4n) is 2.18. The van der Waals surface area contributed by atoms with E-state index in [0.717, 1.165) is 11.3 Å². The molecule has 1 fully saturated rings. The molecule has 1 aromatic rings. The number of amides is 1. The smallest absolute Gasteiger partial charge is 0.247 e. The standard InChI is InChI=1S/C13H18ClN3O3/c1-9-11(13(14)16(2)15-9)3-4-12(19)17-5-6-20-8-10(17)7-18/h3-4,10,18H,5-8H2,1-2H3/b4-3+. The molecule has 6 nitrogen and oxygen atoms in total. The number of ether oxygens (including phenoxy) is 1. The number of carbonyl (C=O) groups is 1. The van der Waals surface area contributed by atoms with Crippen LogP contribution in [0.25, 0.3) is 6.08 Å². The number of aliphatic hydroxyl groups excluding tert-OH is 1. The van der Waals surface area contributed by atoms with Crippen molar-refractivity contribution in [2.75, 3.05) is 26.4 Å². The van der Waals surface area contributed by atoms with Crippen LogP contribution in [0.3, 0.4) is 0 Å². The monoisotopic (exact) mass is 299 g/mol. The first-order chi connectivity index (χ1) is 9.54. The number of aromatic nitrogens is 2. The number of hydrogen-bond acceptors (Lipinski definition) is 4. The molecule has 1 atom stereocenters. The molecular weight excluding hydrogens is 282 g/mol. The molecule has 2 heterocycles. The summed E-state index contributed by atoms with van der Waals surface area (Å²) in [5.41, 5.74) is 1.50. The van der Waals surface area contributed by atoms with Crippen molar-refractivity contribution in [2.24, 2.45) is 7.05 Å². The Hall–Kier alpha value is -1.37. The molecule has 1 N–H and O–H groups in total. The number of hydrogen-bond donors (Lipinski definition) is 1. The van der Waals surface area contributed by atoms with Gasteiger partial charge in [0.05, 0.1) is 31.6 Å². The summed E-state index contributed by atoms with van der Waals surface area (Å²) in [4.78, 5) is 13.8. The van der Waals surface area contributed by atoms with Crippen LogP contribution in [0, 0.1) is 6.92 Å². The minimum absolute atomic E-state index is 0.105. The van der Waals surface area contributed by atoms with Gasteiger partial charge in [-0.3, -0.25) is 9.48 Å². The molecule has 1 aromatic heterocycles. The van der Waals surface area contributed by atoms with Crippen molar-refractivity contribution in [1.82, 2.24) is 14.7 Å². The summed E-state index contributed by atoms with van der Waals surface area (Å²) in [6.07, 6.45) is 3.13. The third-order valence-electron chi connectivity index (χ3n) is 3.31. The number of aliphatic hydroxyl groups is 1. The molecule has 0 bridgehead atoms. The highest BCUT2D eigenvalue weighted by Gasteiger charge is 2.25. The summed E-state index contributed by atoms with van der Waals surface area (Å²) in [5.74, 6) is -0.160. The van der Waals surface area contributed by atoms with Crippen LogP contribution >= 0.6 is 11.6 Å². The van der Waals surface area contributed by atoms with E-state index in [1.165, 1.54) is 6.08 Å². The third kappa shape index (κ3) is 3.03. The van der Waals surface area contributed by atoms with Crippen molar-refractivity contribution in [3.63, 3.8) is 0 Å². The van der Waals surface area contributed by atoms with E-state index in [-0.39, 0.29) is 18.6 Å². The van der Waals surface area contributed by atoms with Crippen LogP contribution in [-0.2, 0) is 16.6 Å². The SMILES string of the molecule is Cc1nn(C)c(Cl)c1/C=C/C(=O)N1CCOCC1CO. The van der Waals surface area contributed by atoms with E-state index in [2.05, 4.69) is 5.10 Å². The molecule has 0 aromatic carbocycles. The van der Waals surface area contributed by atoms with E-state index in [1.54, 1.807) is 22.7 Å². The lowest BCUT2D eigenvalue weighted by molar-refractivity contribution is -0.136. The van der Waals surface area contributed by atoms with Gasteiger partial charge in [-0.1, -0.05) is 11.6 Å². The number of carbonyl (C=O) groups excluding carboxylic acids is 1. The van der Waals surface area contributed by atoms with Crippen LogP contribution in [0.1, 0.15) is 11.3 Å². The van der Waals surface area contributed by atoms with E-state index in [9.17, 15) is 9.90 Å². The Kier molecular flexibility index (Phi) is 4.80. The van der Waals surface area contributed by atoms with Gasteiger partial charge in [0, 0.05) is 25.2 Å². The Balaban J connectivity index is 2.12. The highest BCUT2D eigenvalue weighted by atomic mass is 35.5. The highest BCUT2D eigenvalue weighted by molar-refractivity contribution is 6.31. The van der Waals surface area contributed by atoms with Crippen molar-refractivity contribution in [1.29, 1.82) is 0 Å². The topological polar surface area (TPSA) is 67.6 Å². The minimum atomic E-state index is -0.286. The minimum Gasteiger partial charge on any atom is -0.394 e. The van der Waals surface area contributed by atoms with Crippen LogP contribution < -0.4 is 0 Å². The normalized spacial score (nSPS) is 19.8. The Labute approximate surface area is 122 Å². The molecule has 0 aliphatic carbocycles. The Bertz CT molecular complexity index is 527. The first kappa shape index (κ1) is 15.0. The van der Waals surface area contributed by atoms with Crippen molar-refractivity contribution < 1.29 is 14.6 Å². The zero-order valence-electron chi connectivity index (χ0n) is 11.5. The largest absolute Gasteiger partial charge is 0.394 e. The highest BCUT2D eigenvalue weighted by Crippen LogP contribution is 2.20. The zero-order chi connectivity index (χ0) is 14.7. The molecule has 110 valence electrons. The fourth-order valence-corrected chi connectivity index (χ4v) is 2.42. The molecule has 20 heavy (non-hydrogen) atoms. The summed E-state index contributed by atoms with van der Waals surface area (Å²) in [5, 5.41) is 13.9. The molecular formula is C13H18ClN3O3. The number of morpholine rings is 1. The van der Waals surface area contributed by atoms with Gasteiger partial charge in [-0.05, 0) is 13.0 Å². The van der Waals surface area contributed by atoms with Crippen LogP contribution in [0.2, 0.25) is 5.15 Å². The van der Waals surface area contributed by atoms with Gasteiger partial charge in [0.15, 0.2) is 0 Å². The lowest BCUT2D eigenvalue weighted by Gasteiger charge is -2.33. The van der Waals surface area contributed by atoms with E-state index < -0.39 is 0 Å². The van der Waals surface area contributed by atoms with E-state index >= 15 is 0 Å². The summed E-state index contributed by atoms with van der Waals surface area (Å²) >= 11 is 6.10. The second kappa shape index (κ2) is 6.39. The second-order valence-electron chi connectivity index (χ2n) is 4.69. The molecule has 0 radical (unpaired) electrons. The molecule has 0 saturated carbocycles. The zero-order valence-corrected chi connectivity index (χ0v) is 12.3. The Morgan fingerprint density at radius 1 is 1.65 bits per heavy atom. The first-order valence-electron chi connectivity index (χ1n) is 6.41. The van der Waals surface area contributed by atoms with Gasteiger partial charge in [-0.25, -0.2) is 0 Å². The van der Waals surface area contributed by atoms with Crippen molar-refractivity contribution >= 4 is 23.6 Å². The van der Waals surface area contributed by atoms with E-state index in [4.69, 9.17) is 16.3 Å². The maximum Gasteiger partial charge on any atom is 0.247 e. The fraction of sp³-hybridized carbons (Fsp3) is 0.538. The van der Waals surface area contributed by atoms with Gasteiger partial charge < -0.3 is 14.7 Å². The summed E-state index contributed by atoms with van der Waals surface area (Å²) in [6, 6.07) is -0.286. The molecule has 1 amide bonds. The van der Waals surface area contributed by atoms with Crippen LogP contribution in [0.15, 0.2) is 6.08 Å². The van der Waals surface area contributed by atoms with Gasteiger partial charge in [-0.2, -0.15) is 5.10 Å². The van der Waals surface area contributed by atoms with E-state index in [1.807, 2.05) is 6.92 Å². The predicted octanol–water partition coefficient (Wildman–Crippen LogP) is 0.615. The Morgan fingerprint density at radius 2 is 2.40 bits per heavy atom. The molecule has 1 aliphatic rings. The number of halogens is 1. The third-order valence-corrected chi connectivity index (χ3v) is 3.76. The molecule has 7 heteroatoms. The summed E-state index contributed by atoms with van der Waals surface area (Å²) in [6.45, 7) is 3.06. The van der Waals surface area contributed by atoms with Crippen molar-refractivity contribution in [3.05, 3.63) is 22.5 Å². The van der Waals surface area contributed by atoms with Crippen LogP contribution in [-0.4, -0.2) is 58.1 Å². The molecule has 1 unspecified atom stereocenters. The van der Waals surface area contributed by atoms with Gasteiger partial charge >= 0.3 is 0 Å². The number of rotatable bonds is 3. The average molecular weight is 300 g/mol. The lowest BCUT2D eigenvalue weighted by atomic mass is 10.2. The summed E-state index contributed by atoms with van der Waals surface area (Å²) in [7, 11) is 1.75. The van der Waals surface area contributed by atoms with Gasteiger partial charge in [-0.15, -0.1) is 0 Å². The lowest BCUT2D eigenvalue weighted by Crippen LogP contribution is -2.49. The van der Waals surface area contributed by atoms with Gasteiger partial charge in [0.25, 0.3) is 0 Å². The molecule has 1 aliphatic heterocycles. The van der Waals surface area contributed by atoms with Crippen molar-refractivity contribution in [2.45, 2.75) is 13.0 Å². The van der Waals surface area contributed by atoms with Crippen LogP contribution in [0.5, 0.6) is 0 Å². The number of aryl methyl sites for hydroxylation is 2. The van der Waals surface area contributed by atoms with Crippen molar-refractivity contribution in [3.8, 4) is 0 Å². The quantitative estimate of drug-likeness (QED) is 0.831. The van der Waals surface area contributed by atoms with Gasteiger partial charge in [0.1, 0.15) is 5.15 Å². The first-order valence-corrected chi connectivity index (χ1v) is 6.78. The number of nitrogens with zero attached hydrogens (tertiary/aromatic N) is 3. The molecule has 0 spiro atoms. The maximum absolute atomic E-state index is 12.2. The van der Waals surface area contributed by atoms with E-state index in [0.29, 0.717) is 24.9 Å². The molecule has 1 saturated heterocycles. The van der Waals surface area contributed by atoms with Gasteiger partial charge in [0.2, 0.25) is 5.91 Å². The van der Waals surface area contributed by atoms with Crippen LogP contribution in [0.4, 0.5) is 0 Å².